The molecule has 1 aromatic rings. The van der Waals surface area contributed by atoms with Crippen molar-refractivity contribution in [3.05, 3.63) is 33.8 Å². The minimum absolute atomic E-state index is 0.202. The Labute approximate surface area is 117 Å². The van der Waals surface area contributed by atoms with E-state index in [1.807, 2.05) is 6.07 Å². The molecular formula is C14H20BrNO2. The molecular weight excluding hydrogens is 294 g/mol. The minimum Gasteiger partial charge on any atom is -0.478 e. The zero-order valence-electron chi connectivity index (χ0n) is 11.2. The highest BCUT2D eigenvalue weighted by molar-refractivity contribution is 9.10. The maximum atomic E-state index is 10.8. The van der Waals surface area contributed by atoms with E-state index in [2.05, 4.69) is 48.9 Å². The van der Waals surface area contributed by atoms with Crippen LogP contribution in [0, 0.1) is 5.41 Å². The van der Waals surface area contributed by atoms with Gasteiger partial charge in [0.05, 0.1) is 5.56 Å². The van der Waals surface area contributed by atoms with Crippen molar-refractivity contribution < 1.29 is 9.90 Å². The van der Waals surface area contributed by atoms with Crippen LogP contribution in [0.1, 0.15) is 43.6 Å². The number of nitrogens with one attached hydrogen (secondary N) is 1. The van der Waals surface area contributed by atoms with Crippen molar-refractivity contribution in [2.45, 2.75) is 40.3 Å². The van der Waals surface area contributed by atoms with Crippen molar-refractivity contribution in [3.63, 3.8) is 0 Å². The molecule has 4 heteroatoms. The van der Waals surface area contributed by atoms with Crippen molar-refractivity contribution in [2.24, 2.45) is 5.41 Å². The maximum absolute atomic E-state index is 10.8. The quantitative estimate of drug-likeness (QED) is 0.891. The van der Waals surface area contributed by atoms with E-state index in [0.717, 1.165) is 16.6 Å². The van der Waals surface area contributed by atoms with Crippen molar-refractivity contribution in [1.29, 1.82) is 0 Å². The number of carbonyl (C=O) groups is 1. The molecule has 0 saturated carbocycles. The maximum Gasteiger partial charge on any atom is 0.335 e. The third-order valence-corrected chi connectivity index (χ3v) is 3.94. The Bertz CT molecular complexity index is 438. The van der Waals surface area contributed by atoms with Gasteiger partial charge in [0, 0.05) is 17.1 Å². The van der Waals surface area contributed by atoms with E-state index in [1.165, 1.54) is 0 Å². The number of rotatable bonds is 4. The molecule has 0 aliphatic heterocycles. The summed E-state index contributed by atoms with van der Waals surface area (Å²) in [7, 11) is 0. The first kappa shape index (κ1) is 15.2. The van der Waals surface area contributed by atoms with Gasteiger partial charge >= 0.3 is 5.97 Å². The first-order valence-electron chi connectivity index (χ1n) is 5.97. The van der Waals surface area contributed by atoms with Gasteiger partial charge in [0.25, 0.3) is 0 Å². The Hall–Kier alpha value is -0.870. The number of hydrogen-bond donors (Lipinski definition) is 2. The Morgan fingerprint density at radius 2 is 2.06 bits per heavy atom. The number of aromatic carboxylic acids is 1. The molecule has 3 nitrogen and oxygen atoms in total. The lowest BCUT2D eigenvalue weighted by molar-refractivity contribution is 0.0697. The molecule has 1 unspecified atom stereocenters. The van der Waals surface area contributed by atoms with Crippen molar-refractivity contribution in [1.82, 2.24) is 5.32 Å². The van der Waals surface area contributed by atoms with E-state index < -0.39 is 5.97 Å². The molecule has 0 bridgehead atoms. The lowest BCUT2D eigenvalue weighted by atomic mass is 9.88. The summed E-state index contributed by atoms with van der Waals surface area (Å²) in [6.07, 6.45) is 0. The Kier molecular flexibility index (Phi) is 4.93. The van der Waals surface area contributed by atoms with E-state index in [0.29, 0.717) is 11.6 Å². The highest BCUT2D eigenvalue weighted by atomic mass is 79.9. The molecule has 1 aromatic carbocycles. The number of carboxylic acids is 1. The van der Waals surface area contributed by atoms with Gasteiger partial charge in [-0.15, -0.1) is 0 Å². The smallest absolute Gasteiger partial charge is 0.335 e. The molecule has 0 saturated heterocycles. The van der Waals surface area contributed by atoms with Crippen LogP contribution in [0.2, 0.25) is 0 Å². The summed E-state index contributed by atoms with van der Waals surface area (Å²) in [5.74, 6) is -0.904. The van der Waals surface area contributed by atoms with Crippen LogP contribution in [0.25, 0.3) is 0 Å². The van der Waals surface area contributed by atoms with Crippen LogP contribution >= 0.6 is 15.9 Å². The summed E-state index contributed by atoms with van der Waals surface area (Å²) in [4.78, 5) is 10.8. The van der Waals surface area contributed by atoms with Gasteiger partial charge in [-0.05, 0) is 30.0 Å². The number of hydrogen-bond acceptors (Lipinski definition) is 2. The lowest BCUT2D eigenvalue weighted by Crippen LogP contribution is -2.37. The monoisotopic (exact) mass is 313 g/mol. The molecule has 0 heterocycles. The summed E-state index contributed by atoms with van der Waals surface area (Å²) in [6.45, 7) is 9.44. The number of benzene rings is 1. The van der Waals surface area contributed by atoms with E-state index in [-0.39, 0.29) is 5.41 Å². The first-order valence-corrected chi connectivity index (χ1v) is 6.76. The second-order valence-corrected chi connectivity index (χ2v) is 6.43. The number of carboxylic acid groups (broad SMARTS) is 1. The molecule has 0 fully saturated rings. The zero-order chi connectivity index (χ0) is 13.9. The molecule has 1 atom stereocenters. The average Bonchev–Trinajstić information content (AvgIpc) is 2.25. The van der Waals surface area contributed by atoms with Gasteiger partial charge in [-0.25, -0.2) is 4.79 Å². The largest absolute Gasteiger partial charge is 0.478 e. The predicted molar refractivity (Wildman–Crippen MR) is 76.9 cm³/mol. The molecule has 0 aliphatic rings. The highest BCUT2D eigenvalue weighted by Gasteiger charge is 2.19. The number of halogens is 1. The van der Waals surface area contributed by atoms with Crippen LogP contribution in [-0.4, -0.2) is 17.1 Å². The van der Waals surface area contributed by atoms with E-state index in [4.69, 9.17) is 5.11 Å². The van der Waals surface area contributed by atoms with Crippen LogP contribution in [0.5, 0.6) is 0 Å². The van der Waals surface area contributed by atoms with E-state index in [9.17, 15) is 4.79 Å². The molecule has 1 rings (SSSR count). The second-order valence-electron chi connectivity index (χ2n) is 5.58. The topological polar surface area (TPSA) is 49.3 Å². The van der Waals surface area contributed by atoms with Crippen LogP contribution in [0.15, 0.2) is 22.7 Å². The van der Waals surface area contributed by atoms with Crippen molar-refractivity contribution in [2.75, 3.05) is 0 Å². The average molecular weight is 314 g/mol. The van der Waals surface area contributed by atoms with E-state index >= 15 is 0 Å². The summed E-state index contributed by atoms with van der Waals surface area (Å²) in [5.41, 5.74) is 1.57. The summed E-state index contributed by atoms with van der Waals surface area (Å²) in [6, 6.07) is 5.49. The van der Waals surface area contributed by atoms with Gasteiger partial charge in [0.2, 0.25) is 0 Å². The minimum atomic E-state index is -0.904. The fourth-order valence-electron chi connectivity index (χ4n) is 1.39. The van der Waals surface area contributed by atoms with Gasteiger partial charge < -0.3 is 10.4 Å². The second kappa shape index (κ2) is 5.85. The zero-order valence-corrected chi connectivity index (χ0v) is 12.8. The fraction of sp³-hybridized carbons (Fsp3) is 0.500. The molecule has 0 spiro atoms. The van der Waals surface area contributed by atoms with Gasteiger partial charge in [0.1, 0.15) is 0 Å². The van der Waals surface area contributed by atoms with Crippen LogP contribution in [0.3, 0.4) is 0 Å². The third kappa shape index (κ3) is 4.10. The van der Waals surface area contributed by atoms with Crippen LogP contribution in [-0.2, 0) is 6.54 Å². The molecule has 0 radical (unpaired) electrons. The standard InChI is InChI=1S/C14H20BrNO2/c1-9(14(2,3)4)16-8-11-6-5-10(13(17)18)7-12(11)15/h5-7,9,16H,8H2,1-4H3,(H,17,18). The lowest BCUT2D eigenvalue weighted by Gasteiger charge is -2.28. The van der Waals surface area contributed by atoms with E-state index in [1.54, 1.807) is 12.1 Å². The van der Waals surface area contributed by atoms with Gasteiger partial charge in [0.15, 0.2) is 0 Å². The van der Waals surface area contributed by atoms with Gasteiger partial charge in [-0.1, -0.05) is 42.8 Å². The van der Waals surface area contributed by atoms with Crippen molar-refractivity contribution in [3.8, 4) is 0 Å². The third-order valence-electron chi connectivity index (χ3n) is 3.20. The normalized spacial score (nSPS) is 13.4. The van der Waals surface area contributed by atoms with Crippen molar-refractivity contribution >= 4 is 21.9 Å². The summed E-state index contributed by atoms with van der Waals surface area (Å²) < 4.78 is 0.830. The highest BCUT2D eigenvalue weighted by Crippen LogP contribution is 2.22. The van der Waals surface area contributed by atoms with Crippen LogP contribution in [0.4, 0.5) is 0 Å². The Morgan fingerprint density at radius 3 is 2.50 bits per heavy atom. The SMILES string of the molecule is CC(NCc1ccc(C(=O)O)cc1Br)C(C)(C)C. The van der Waals surface area contributed by atoms with Crippen LogP contribution < -0.4 is 5.32 Å². The molecule has 0 aromatic heterocycles. The first-order chi connectivity index (χ1) is 8.21. The van der Waals surface area contributed by atoms with Gasteiger partial charge in [-0.3, -0.25) is 0 Å². The molecule has 18 heavy (non-hydrogen) atoms. The Balaban J connectivity index is 2.72. The summed E-state index contributed by atoms with van der Waals surface area (Å²) >= 11 is 3.41. The Morgan fingerprint density at radius 1 is 1.44 bits per heavy atom. The summed E-state index contributed by atoms with van der Waals surface area (Å²) in [5, 5.41) is 12.3. The molecule has 0 aliphatic carbocycles. The fourth-order valence-corrected chi connectivity index (χ4v) is 1.91. The molecule has 2 N–H and O–H groups in total. The molecule has 0 amide bonds. The predicted octanol–water partition coefficient (Wildman–Crippen LogP) is 3.67. The van der Waals surface area contributed by atoms with Gasteiger partial charge in [-0.2, -0.15) is 0 Å². The molecule has 100 valence electrons.